The molecule has 8 heteroatoms. The summed E-state index contributed by atoms with van der Waals surface area (Å²) in [5.41, 5.74) is 0.565. The molecule has 128 valence electrons. The summed E-state index contributed by atoms with van der Waals surface area (Å²) in [6.45, 7) is 1.20. The lowest BCUT2D eigenvalue weighted by molar-refractivity contribution is -0.0504. The first-order chi connectivity index (χ1) is 11.0. The van der Waals surface area contributed by atoms with Crippen molar-refractivity contribution >= 4 is 21.9 Å². The van der Waals surface area contributed by atoms with Crippen LogP contribution in [0.15, 0.2) is 27.7 Å². The summed E-state index contributed by atoms with van der Waals surface area (Å²) in [4.78, 5) is 6.44. The number of nitrogens with one attached hydrogen (secondary N) is 1. The minimum absolute atomic E-state index is 0.115. The van der Waals surface area contributed by atoms with Gasteiger partial charge >= 0.3 is 6.61 Å². The molecule has 1 unspecified atom stereocenters. The van der Waals surface area contributed by atoms with Crippen molar-refractivity contribution in [1.29, 1.82) is 0 Å². The summed E-state index contributed by atoms with van der Waals surface area (Å²) in [7, 11) is 0. The molecule has 1 fully saturated rings. The fraction of sp³-hybridized carbons (Fsp3) is 0.533. The molecule has 1 heterocycles. The summed E-state index contributed by atoms with van der Waals surface area (Å²) in [6.07, 6.45) is 0.337. The summed E-state index contributed by atoms with van der Waals surface area (Å²) >= 11 is 3.32. The molecule has 0 amide bonds. The van der Waals surface area contributed by atoms with Gasteiger partial charge in [-0.2, -0.15) is 8.78 Å². The van der Waals surface area contributed by atoms with Crippen molar-refractivity contribution in [2.45, 2.75) is 32.6 Å². The van der Waals surface area contributed by atoms with Crippen molar-refractivity contribution in [3.63, 3.8) is 0 Å². The topological polar surface area (TPSA) is 57.1 Å². The molecule has 1 atom stereocenters. The average Bonchev–Trinajstić information content (AvgIpc) is 2.92. The van der Waals surface area contributed by atoms with Crippen LogP contribution in [0, 0.1) is 0 Å². The van der Waals surface area contributed by atoms with Crippen LogP contribution >= 0.6 is 15.9 Å². The molecule has 1 saturated heterocycles. The van der Waals surface area contributed by atoms with E-state index in [4.69, 9.17) is 0 Å². The molecule has 5 nitrogen and oxygen atoms in total. The molecular weight excluding hydrogens is 372 g/mol. The van der Waals surface area contributed by atoms with Gasteiger partial charge in [-0.05, 0) is 31.5 Å². The van der Waals surface area contributed by atoms with Crippen molar-refractivity contribution < 1.29 is 18.6 Å². The Morgan fingerprint density at radius 3 is 2.96 bits per heavy atom. The van der Waals surface area contributed by atoms with E-state index in [0.717, 1.165) is 4.47 Å². The first-order valence-corrected chi connectivity index (χ1v) is 8.23. The highest BCUT2D eigenvalue weighted by atomic mass is 79.9. The molecule has 23 heavy (non-hydrogen) atoms. The highest BCUT2D eigenvalue weighted by Gasteiger charge is 2.23. The summed E-state index contributed by atoms with van der Waals surface area (Å²) < 4.78 is 30.3. The predicted molar refractivity (Wildman–Crippen MR) is 87.8 cm³/mol. The number of benzene rings is 1. The van der Waals surface area contributed by atoms with Gasteiger partial charge in [0.1, 0.15) is 5.75 Å². The van der Waals surface area contributed by atoms with Crippen molar-refractivity contribution in [3.8, 4) is 5.75 Å². The number of aliphatic hydroxyl groups excluding tert-OH is 1. The van der Waals surface area contributed by atoms with Crippen molar-refractivity contribution in [2.24, 2.45) is 4.99 Å². The zero-order valence-corrected chi connectivity index (χ0v) is 14.4. The van der Waals surface area contributed by atoms with Gasteiger partial charge in [0.05, 0.1) is 12.6 Å². The molecular formula is C15H20BrF2N3O2. The standard InChI is InChI=1S/C15H20BrF2N3O2/c1-2-19-15(21-6-5-12(22)9-21)20-8-10-7-11(16)3-4-13(10)23-14(17)18/h3-4,7,12,14,22H,2,5-6,8-9H2,1H3,(H,19,20). The van der Waals surface area contributed by atoms with E-state index in [-0.39, 0.29) is 18.4 Å². The number of ether oxygens (including phenoxy) is 1. The van der Waals surface area contributed by atoms with Crippen LogP contribution in [0.25, 0.3) is 0 Å². The van der Waals surface area contributed by atoms with E-state index in [0.29, 0.717) is 37.6 Å². The van der Waals surface area contributed by atoms with Gasteiger partial charge in [0, 0.05) is 29.7 Å². The number of nitrogens with zero attached hydrogens (tertiary/aromatic N) is 2. The Balaban J connectivity index is 2.16. The second kappa shape index (κ2) is 8.44. The third-order valence-corrected chi connectivity index (χ3v) is 3.93. The summed E-state index contributed by atoms with van der Waals surface area (Å²) in [5.74, 6) is 0.774. The first-order valence-electron chi connectivity index (χ1n) is 7.44. The number of hydrogen-bond donors (Lipinski definition) is 2. The van der Waals surface area contributed by atoms with E-state index in [1.54, 1.807) is 12.1 Å². The zero-order valence-electron chi connectivity index (χ0n) is 12.8. The molecule has 1 aliphatic heterocycles. The van der Waals surface area contributed by atoms with Gasteiger partial charge in [-0.1, -0.05) is 15.9 Å². The molecule has 0 aromatic heterocycles. The Labute approximate surface area is 142 Å². The quantitative estimate of drug-likeness (QED) is 0.598. The Kier molecular flexibility index (Phi) is 6.59. The van der Waals surface area contributed by atoms with Crippen LogP contribution in [-0.4, -0.2) is 48.3 Å². The van der Waals surface area contributed by atoms with Gasteiger partial charge in [-0.25, -0.2) is 4.99 Å². The van der Waals surface area contributed by atoms with Gasteiger partial charge in [0.15, 0.2) is 5.96 Å². The molecule has 0 saturated carbocycles. The van der Waals surface area contributed by atoms with Crippen molar-refractivity contribution in [3.05, 3.63) is 28.2 Å². The molecule has 2 rings (SSSR count). The third kappa shape index (κ3) is 5.31. The minimum atomic E-state index is -2.87. The fourth-order valence-electron chi connectivity index (χ4n) is 2.40. The Hall–Kier alpha value is -1.41. The van der Waals surface area contributed by atoms with Crippen LogP contribution < -0.4 is 10.1 Å². The maximum Gasteiger partial charge on any atom is 0.387 e. The lowest BCUT2D eigenvalue weighted by Gasteiger charge is -2.21. The monoisotopic (exact) mass is 391 g/mol. The lowest BCUT2D eigenvalue weighted by Crippen LogP contribution is -2.40. The lowest BCUT2D eigenvalue weighted by atomic mass is 10.2. The first kappa shape index (κ1) is 17.9. The number of likely N-dealkylation sites (tertiary alicyclic amines) is 1. The van der Waals surface area contributed by atoms with E-state index in [2.05, 4.69) is 31.0 Å². The predicted octanol–water partition coefficient (Wildman–Crippen LogP) is 2.58. The number of aliphatic imine (C=N–C) groups is 1. The van der Waals surface area contributed by atoms with Crippen LogP contribution in [0.1, 0.15) is 18.9 Å². The molecule has 1 aliphatic rings. The van der Waals surface area contributed by atoms with E-state index >= 15 is 0 Å². The second-order valence-corrected chi connectivity index (χ2v) is 6.10. The number of β-amino-alcohol motifs (C(OH)–C–C–N with tert-alkyl or cyclic N) is 1. The number of alkyl halides is 2. The summed E-state index contributed by atoms with van der Waals surface area (Å²) in [5, 5.41) is 12.8. The Bertz CT molecular complexity index is 558. The number of rotatable bonds is 5. The van der Waals surface area contributed by atoms with Gasteiger partial charge in [0.2, 0.25) is 0 Å². The van der Waals surface area contributed by atoms with Crippen LogP contribution in [-0.2, 0) is 6.54 Å². The number of halogens is 3. The van der Waals surface area contributed by atoms with Gasteiger partial charge in [-0.3, -0.25) is 0 Å². The average molecular weight is 392 g/mol. The maximum absolute atomic E-state index is 12.5. The van der Waals surface area contributed by atoms with Crippen molar-refractivity contribution in [2.75, 3.05) is 19.6 Å². The van der Waals surface area contributed by atoms with E-state index in [1.807, 2.05) is 11.8 Å². The number of guanidine groups is 1. The fourth-order valence-corrected chi connectivity index (χ4v) is 2.81. The van der Waals surface area contributed by atoms with Crippen LogP contribution in [0.4, 0.5) is 8.78 Å². The van der Waals surface area contributed by atoms with Gasteiger partial charge in [-0.15, -0.1) is 0 Å². The van der Waals surface area contributed by atoms with E-state index in [1.165, 1.54) is 6.07 Å². The third-order valence-electron chi connectivity index (χ3n) is 3.44. The largest absolute Gasteiger partial charge is 0.434 e. The highest BCUT2D eigenvalue weighted by molar-refractivity contribution is 9.10. The molecule has 0 bridgehead atoms. The van der Waals surface area contributed by atoms with Gasteiger partial charge in [0.25, 0.3) is 0 Å². The Morgan fingerprint density at radius 2 is 2.35 bits per heavy atom. The minimum Gasteiger partial charge on any atom is -0.434 e. The van der Waals surface area contributed by atoms with E-state index in [9.17, 15) is 13.9 Å². The SMILES string of the molecule is CCNC(=NCc1cc(Br)ccc1OC(F)F)N1CCC(O)C1. The molecule has 0 spiro atoms. The molecule has 0 radical (unpaired) electrons. The molecule has 2 N–H and O–H groups in total. The van der Waals surface area contributed by atoms with Crippen LogP contribution in [0.3, 0.4) is 0 Å². The number of aliphatic hydroxyl groups is 1. The van der Waals surface area contributed by atoms with Crippen molar-refractivity contribution in [1.82, 2.24) is 10.2 Å². The smallest absolute Gasteiger partial charge is 0.387 e. The maximum atomic E-state index is 12.5. The molecule has 0 aliphatic carbocycles. The zero-order chi connectivity index (χ0) is 16.8. The normalized spacial score (nSPS) is 18.6. The summed E-state index contributed by atoms with van der Waals surface area (Å²) in [6, 6.07) is 4.85. The highest BCUT2D eigenvalue weighted by Crippen LogP contribution is 2.25. The molecule has 1 aromatic rings. The van der Waals surface area contributed by atoms with Crippen LogP contribution in [0.5, 0.6) is 5.75 Å². The Morgan fingerprint density at radius 1 is 1.57 bits per heavy atom. The second-order valence-electron chi connectivity index (χ2n) is 5.19. The van der Waals surface area contributed by atoms with Crippen LogP contribution in [0.2, 0.25) is 0 Å². The van der Waals surface area contributed by atoms with E-state index < -0.39 is 6.61 Å². The number of hydrogen-bond acceptors (Lipinski definition) is 3. The molecule has 1 aromatic carbocycles. The van der Waals surface area contributed by atoms with Gasteiger partial charge < -0.3 is 20.1 Å².